The molecule has 3 N–H and O–H groups in total. The van der Waals surface area contributed by atoms with E-state index in [-0.39, 0.29) is 11.1 Å². The van der Waals surface area contributed by atoms with Crippen molar-refractivity contribution in [2.24, 2.45) is 0 Å². The predicted octanol–water partition coefficient (Wildman–Crippen LogP) is -1.32. The number of hydrogen-bond acceptors (Lipinski definition) is 5. The van der Waals surface area contributed by atoms with E-state index < -0.39 is 24.0 Å². The largest absolute Gasteiger partial charge is 0.389 e. The summed E-state index contributed by atoms with van der Waals surface area (Å²) < 4.78 is 0. The first kappa shape index (κ1) is 10.8. The number of ketones is 2. The summed E-state index contributed by atoms with van der Waals surface area (Å²) in [6, 6.07) is 0. The molecule has 0 spiro atoms. The SMILES string of the molecule is CC(O)C1=CC(=O)C(C(O)O)=CC1=O. The summed E-state index contributed by atoms with van der Waals surface area (Å²) in [5, 5.41) is 26.5. The molecule has 1 unspecified atom stereocenters. The van der Waals surface area contributed by atoms with E-state index in [4.69, 9.17) is 15.3 Å². The van der Waals surface area contributed by atoms with Gasteiger partial charge in [-0.05, 0) is 19.1 Å². The third-order valence-electron chi connectivity index (χ3n) is 1.87. The summed E-state index contributed by atoms with van der Waals surface area (Å²) in [4.78, 5) is 22.4. The van der Waals surface area contributed by atoms with Crippen molar-refractivity contribution in [1.82, 2.24) is 0 Å². The highest BCUT2D eigenvalue weighted by Gasteiger charge is 2.25. The van der Waals surface area contributed by atoms with Gasteiger partial charge in [0.2, 0.25) is 0 Å². The van der Waals surface area contributed by atoms with Gasteiger partial charge in [-0.1, -0.05) is 0 Å². The number of aliphatic hydroxyl groups is 3. The minimum absolute atomic E-state index is 0.0422. The second-order valence-corrected chi connectivity index (χ2v) is 2.98. The molecule has 76 valence electrons. The molecule has 0 saturated carbocycles. The van der Waals surface area contributed by atoms with Crippen molar-refractivity contribution < 1.29 is 24.9 Å². The molecule has 0 fully saturated rings. The van der Waals surface area contributed by atoms with Gasteiger partial charge in [0.25, 0.3) is 0 Å². The summed E-state index contributed by atoms with van der Waals surface area (Å²) >= 11 is 0. The lowest BCUT2D eigenvalue weighted by molar-refractivity contribution is -0.118. The molecule has 0 bridgehead atoms. The number of aliphatic hydroxyl groups excluding tert-OH is 2. The number of hydrogen-bond donors (Lipinski definition) is 3. The molecule has 1 rings (SSSR count). The van der Waals surface area contributed by atoms with Gasteiger partial charge in [-0.25, -0.2) is 0 Å². The van der Waals surface area contributed by atoms with Crippen LogP contribution in [0.25, 0.3) is 0 Å². The van der Waals surface area contributed by atoms with Crippen LogP contribution in [0.5, 0.6) is 0 Å². The molecule has 14 heavy (non-hydrogen) atoms. The van der Waals surface area contributed by atoms with Crippen molar-refractivity contribution in [3.63, 3.8) is 0 Å². The van der Waals surface area contributed by atoms with Gasteiger partial charge in [-0.3, -0.25) is 9.59 Å². The van der Waals surface area contributed by atoms with Crippen molar-refractivity contribution >= 4 is 11.6 Å². The van der Waals surface area contributed by atoms with Gasteiger partial charge >= 0.3 is 0 Å². The van der Waals surface area contributed by atoms with Gasteiger partial charge in [0.1, 0.15) is 0 Å². The molecule has 1 aliphatic rings. The van der Waals surface area contributed by atoms with Crippen molar-refractivity contribution in [3.8, 4) is 0 Å². The smallest absolute Gasteiger partial charge is 0.187 e. The van der Waals surface area contributed by atoms with E-state index in [0.717, 1.165) is 12.2 Å². The van der Waals surface area contributed by atoms with Crippen LogP contribution < -0.4 is 0 Å². The maximum absolute atomic E-state index is 11.2. The monoisotopic (exact) mass is 198 g/mol. The summed E-state index contributed by atoms with van der Waals surface area (Å²) in [7, 11) is 0. The number of allylic oxidation sites excluding steroid dienone is 2. The first-order valence-electron chi connectivity index (χ1n) is 3.99. The average Bonchev–Trinajstić information content (AvgIpc) is 2.07. The van der Waals surface area contributed by atoms with Crippen LogP contribution in [0.15, 0.2) is 23.3 Å². The number of carbonyl (C=O) groups excluding carboxylic acids is 2. The Bertz CT molecular complexity index is 301. The standard InChI is InChI=1S/C9H10O5/c1-4(10)5-2-8(12)6(9(13)14)3-7(5)11/h2-4,9-10,13-14H,1H3. The average molecular weight is 198 g/mol. The molecule has 0 aromatic heterocycles. The van der Waals surface area contributed by atoms with Crippen LogP contribution in [-0.4, -0.2) is 39.3 Å². The van der Waals surface area contributed by atoms with E-state index in [0.29, 0.717) is 0 Å². The van der Waals surface area contributed by atoms with E-state index in [1.54, 1.807) is 0 Å². The maximum atomic E-state index is 11.2. The second kappa shape index (κ2) is 3.83. The minimum atomic E-state index is -1.96. The zero-order valence-electron chi connectivity index (χ0n) is 7.47. The third kappa shape index (κ3) is 1.95. The fourth-order valence-electron chi connectivity index (χ4n) is 1.12. The molecule has 5 heteroatoms. The van der Waals surface area contributed by atoms with Crippen molar-refractivity contribution in [2.75, 3.05) is 0 Å². The summed E-state index contributed by atoms with van der Waals surface area (Å²) in [5.41, 5.74) is -0.418. The maximum Gasteiger partial charge on any atom is 0.187 e. The molecular formula is C9H10O5. The molecule has 1 aliphatic carbocycles. The van der Waals surface area contributed by atoms with Gasteiger partial charge in [0, 0.05) is 5.57 Å². The van der Waals surface area contributed by atoms with E-state index in [9.17, 15) is 9.59 Å². The third-order valence-corrected chi connectivity index (χ3v) is 1.87. The molecule has 0 radical (unpaired) electrons. The van der Waals surface area contributed by atoms with E-state index in [2.05, 4.69) is 0 Å². The Balaban J connectivity index is 3.02. The fourth-order valence-corrected chi connectivity index (χ4v) is 1.12. The molecule has 1 atom stereocenters. The van der Waals surface area contributed by atoms with Crippen LogP contribution in [0.4, 0.5) is 0 Å². The molecule has 0 aromatic rings. The van der Waals surface area contributed by atoms with Crippen molar-refractivity contribution in [3.05, 3.63) is 23.3 Å². The quantitative estimate of drug-likeness (QED) is 0.378. The molecule has 5 nitrogen and oxygen atoms in total. The Morgan fingerprint density at radius 1 is 1.00 bits per heavy atom. The normalized spacial score (nSPS) is 19.5. The summed E-state index contributed by atoms with van der Waals surface area (Å²) in [5.74, 6) is -1.25. The first-order valence-corrected chi connectivity index (χ1v) is 3.99. The molecule has 0 aromatic carbocycles. The van der Waals surface area contributed by atoms with Crippen LogP contribution in [0.2, 0.25) is 0 Å². The summed E-state index contributed by atoms with van der Waals surface area (Å²) in [6.07, 6.45) is -1.25. The van der Waals surface area contributed by atoms with Crippen LogP contribution in [-0.2, 0) is 9.59 Å². The minimum Gasteiger partial charge on any atom is -0.389 e. The fraction of sp³-hybridized carbons (Fsp3) is 0.333. The lowest BCUT2D eigenvalue weighted by atomic mass is 9.94. The Hall–Kier alpha value is -1.30. The lowest BCUT2D eigenvalue weighted by Crippen LogP contribution is -2.25. The van der Waals surface area contributed by atoms with E-state index in [1.165, 1.54) is 6.92 Å². The van der Waals surface area contributed by atoms with Gasteiger partial charge in [0.05, 0.1) is 11.7 Å². The Morgan fingerprint density at radius 2 is 1.43 bits per heavy atom. The highest BCUT2D eigenvalue weighted by Crippen LogP contribution is 2.16. The molecule has 0 heterocycles. The van der Waals surface area contributed by atoms with Gasteiger partial charge in [-0.2, -0.15) is 0 Å². The second-order valence-electron chi connectivity index (χ2n) is 2.98. The topological polar surface area (TPSA) is 94.8 Å². The van der Waals surface area contributed by atoms with Crippen LogP contribution in [0.3, 0.4) is 0 Å². The van der Waals surface area contributed by atoms with Gasteiger partial charge in [0.15, 0.2) is 17.9 Å². The zero-order chi connectivity index (χ0) is 10.9. The Morgan fingerprint density at radius 3 is 1.86 bits per heavy atom. The predicted molar refractivity (Wildman–Crippen MR) is 46.1 cm³/mol. The van der Waals surface area contributed by atoms with Crippen molar-refractivity contribution in [1.29, 1.82) is 0 Å². The lowest BCUT2D eigenvalue weighted by Gasteiger charge is -2.14. The van der Waals surface area contributed by atoms with E-state index in [1.807, 2.05) is 0 Å². The molecule has 0 aliphatic heterocycles. The van der Waals surface area contributed by atoms with Gasteiger partial charge < -0.3 is 15.3 Å². The number of carbonyl (C=O) groups is 2. The Labute approximate surface area is 80.0 Å². The van der Waals surface area contributed by atoms with Crippen LogP contribution in [0, 0.1) is 0 Å². The molecule has 0 amide bonds. The Kier molecular flexibility index (Phi) is 2.95. The van der Waals surface area contributed by atoms with Crippen LogP contribution >= 0.6 is 0 Å². The molecule has 0 saturated heterocycles. The van der Waals surface area contributed by atoms with Crippen molar-refractivity contribution in [2.45, 2.75) is 19.3 Å². The van der Waals surface area contributed by atoms with Crippen LogP contribution in [0.1, 0.15) is 6.92 Å². The highest BCUT2D eigenvalue weighted by molar-refractivity contribution is 6.20. The first-order chi connectivity index (χ1) is 6.43. The number of rotatable bonds is 2. The zero-order valence-corrected chi connectivity index (χ0v) is 7.47. The van der Waals surface area contributed by atoms with Gasteiger partial charge in [-0.15, -0.1) is 0 Å². The highest BCUT2D eigenvalue weighted by atomic mass is 16.5. The summed E-state index contributed by atoms with van der Waals surface area (Å²) in [6.45, 7) is 1.35. The molecular weight excluding hydrogens is 188 g/mol. The van der Waals surface area contributed by atoms with E-state index >= 15 is 0 Å².